The van der Waals surface area contributed by atoms with E-state index in [-0.39, 0.29) is 0 Å². The highest BCUT2D eigenvalue weighted by atomic mass is 16.3. The lowest BCUT2D eigenvalue weighted by Gasteiger charge is -2.35. The second-order valence-electron chi connectivity index (χ2n) is 5.61. The van der Waals surface area contributed by atoms with E-state index in [1.54, 1.807) is 0 Å². The van der Waals surface area contributed by atoms with Gasteiger partial charge in [0.25, 0.3) is 0 Å². The molecule has 1 aliphatic carbocycles. The van der Waals surface area contributed by atoms with Gasteiger partial charge in [-0.3, -0.25) is 0 Å². The summed E-state index contributed by atoms with van der Waals surface area (Å²) < 4.78 is 0. The van der Waals surface area contributed by atoms with Gasteiger partial charge in [-0.15, -0.1) is 0 Å². The summed E-state index contributed by atoms with van der Waals surface area (Å²) in [5, 5.41) is 13.2. The van der Waals surface area contributed by atoms with E-state index in [0.29, 0.717) is 5.54 Å². The SMILES string of the molecule is CC(C)(O)CCNC1(C)CCCCC1. The summed E-state index contributed by atoms with van der Waals surface area (Å²) in [6.45, 7) is 6.99. The van der Waals surface area contributed by atoms with Crippen molar-refractivity contribution in [2.75, 3.05) is 6.54 Å². The van der Waals surface area contributed by atoms with Gasteiger partial charge < -0.3 is 10.4 Å². The smallest absolute Gasteiger partial charge is 0.0603 e. The van der Waals surface area contributed by atoms with E-state index in [4.69, 9.17) is 0 Å². The molecule has 0 bridgehead atoms. The quantitative estimate of drug-likeness (QED) is 0.729. The average Bonchev–Trinajstić information content (AvgIpc) is 2.02. The molecule has 0 aromatic heterocycles. The second-order valence-corrected chi connectivity index (χ2v) is 5.61. The Balaban J connectivity index is 2.22. The lowest BCUT2D eigenvalue weighted by Crippen LogP contribution is -2.45. The molecule has 0 amide bonds. The van der Waals surface area contributed by atoms with Gasteiger partial charge in [0.2, 0.25) is 0 Å². The minimum absolute atomic E-state index is 0.337. The van der Waals surface area contributed by atoms with Crippen molar-refractivity contribution in [3.63, 3.8) is 0 Å². The molecule has 2 nitrogen and oxygen atoms in total. The highest BCUT2D eigenvalue weighted by Crippen LogP contribution is 2.27. The molecule has 1 saturated carbocycles. The summed E-state index contributed by atoms with van der Waals surface area (Å²) in [6.07, 6.45) is 7.51. The van der Waals surface area contributed by atoms with Crippen LogP contribution >= 0.6 is 0 Å². The van der Waals surface area contributed by atoms with Crippen LogP contribution in [0.25, 0.3) is 0 Å². The molecule has 0 unspecified atom stereocenters. The Morgan fingerprint density at radius 1 is 1.21 bits per heavy atom. The van der Waals surface area contributed by atoms with Crippen LogP contribution in [0.2, 0.25) is 0 Å². The van der Waals surface area contributed by atoms with Crippen molar-refractivity contribution in [1.82, 2.24) is 5.32 Å². The first-order valence-electron chi connectivity index (χ1n) is 5.89. The molecule has 1 fully saturated rings. The fourth-order valence-electron chi connectivity index (χ4n) is 2.18. The monoisotopic (exact) mass is 199 g/mol. The number of hydrogen-bond acceptors (Lipinski definition) is 2. The van der Waals surface area contributed by atoms with Gasteiger partial charge in [0, 0.05) is 5.54 Å². The Hall–Kier alpha value is -0.0800. The Bertz CT molecular complexity index is 166. The Kier molecular flexibility index (Phi) is 3.96. The third-order valence-corrected chi connectivity index (χ3v) is 3.25. The highest BCUT2D eigenvalue weighted by molar-refractivity contribution is 4.86. The molecule has 0 spiro atoms. The predicted octanol–water partition coefficient (Wildman–Crippen LogP) is 2.46. The van der Waals surface area contributed by atoms with Gasteiger partial charge in [0.15, 0.2) is 0 Å². The minimum Gasteiger partial charge on any atom is -0.390 e. The Labute approximate surface area is 88.1 Å². The van der Waals surface area contributed by atoms with Gasteiger partial charge in [-0.05, 0) is 46.6 Å². The number of rotatable bonds is 4. The third kappa shape index (κ3) is 4.43. The predicted molar refractivity (Wildman–Crippen MR) is 60.4 cm³/mol. The normalized spacial score (nSPS) is 22.3. The van der Waals surface area contributed by atoms with Crippen LogP contribution in [0.4, 0.5) is 0 Å². The standard InChI is InChI=1S/C12H25NO/c1-11(2,14)9-10-13-12(3)7-5-4-6-8-12/h13-14H,4-10H2,1-3H3. The van der Waals surface area contributed by atoms with Gasteiger partial charge in [0.1, 0.15) is 0 Å². The van der Waals surface area contributed by atoms with Crippen molar-refractivity contribution in [1.29, 1.82) is 0 Å². The summed E-state index contributed by atoms with van der Waals surface area (Å²) in [7, 11) is 0. The molecule has 0 radical (unpaired) electrons. The molecular weight excluding hydrogens is 174 g/mol. The van der Waals surface area contributed by atoms with Crippen LogP contribution in [0.3, 0.4) is 0 Å². The first-order chi connectivity index (χ1) is 6.41. The van der Waals surface area contributed by atoms with Gasteiger partial charge in [-0.25, -0.2) is 0 Å². The van der Waals surface area contributed by atoms with Gasteiger partial charge in [-0.1, -0.05) is 19.3 Å². The Morgan fingerprint density at radius 3 is 2.29 bits per heavy atom. The van der Waals surface area contributed by atoms with Crippen molar-refractivity contribution in [2.24, 2.45) is 0 Å². The van der Waals surface area contributed by atoms with E-state index in [1.165, 1.54) is 32.1 Å². The van der Waals surface area contributed by atoms with Crippen LogP contribution in [0.15, 0.2) is 0 Å². The van der Waals surface area contributed by atoms with Gasteiger partial charge in [0.05, 0.1) is 5.60 Å². The highest BCUT2D eigenvalue weighted by Gasteiger charge is 2.26. The zero-order chi connectivity index (χ0) is 10.7. The molecule has 0 aromatic rings. The fourth-order valence-corrected chi connectivity index (χ4v) is 2.18. The zero-order valence-electron chi connectivity index (χ0n) is 9.90. The molecule has 1 aliphatic rings. The van der Waals surface area contributed by atoms with Crippen molar-refractivity contribution >= 4 is 0 Å². The molecule has 0 saturated heterocycles. The van der Waals surface area contributed by atoms with Crippen molar-refractivity contribution in [2.45, 2.75) is 70.4 Å². The molecule has 0 atom stereocenters. The summed E-state index contributed by atoms with van der Waals surface area (Å²) in [4.78, 5) is 0. The van der Waals surface area contributed by atoms with Crippen molar-refractivity contribution in [3.8, 4) is 0 Å². The number of hydrogen-bond donors (Lipinski definition) is 2. The van der Waals surface area contributed by atoms with Crippen LogP contribution in [0.1, 0.15) is 59.3 Å². The van der Waals surface area contributed by atoms with Crippen LogP contribution in [-0.4, -0.2) is 22.8 Å². The average molecular weight is 199 g/mol. The van der Waals surface area contributed by atoms with Crippen molar-refractivity contribution < 1.29 is 5.11 Å². The lowest BCUT2D eigenvalue weighted by molar-refractivity contribution is 0.0674. The van der Waals surface area contributed by atoms with E-state index in [9.17, 15) is 5.11 Å². The lowest BCUT2D eigenvalue weighted by atomic mass is 9.83. The summed E-state index contributed by atoms with van der Waals surface area (Å²) >= 11 is 0. The topological polar surface area (TPSA) is 32.3 Å². The summed E-state index contributed by atoms with van der Waals surface area (Å²) in [5.74, 6) is 0. The second kappa shape index (κ2) is 4.63. The molecule has 1 rings (SSSR count). The van der Waals surface area contributed by atoms with Crippen LogP contribution in [0, 0.1) is 0 Å². The molecule has 0 aliphatic heterocycles. The molecule has 14 heavy (non-hydrogen) atoms. The van der Waals surface area contributed by atoms with E-state index >= 15 is 0 Å². The summed E-state index contributed by atoms with van der Waals surface area (Å²) in [5.41, 5.74) is -0.193. The van der Waals surface area contributed by atoms with Gasteiger partial charge in [-0.2, -0.15) is 0 Å². The molecule has 2 N–H and O–H groups in total. The van der Waals surface area contributed by atoms with E-state index in [1.807, 2.05) is 13.8 Å². The zero-order valence-corrected chi connectivity index (χ0v) is 9.90. The van der Waals surface area contributed by atoms with E-state index in [2.05, 4.69) is 12.2 Å². The number of aliphatic hydroxyl groups is 1. The first kappa shape index (κ1) is 12.0. The fraction of sp³-hybridized carbons (Fsp3) is 1.00. The van der Waals surface area contributed by atoms with Crippen LogP contribution < -0.4 is 5.32 Å². The van der Waals surface area contributed by atoms with Crippen LogP contribution in [0.5, 0.6) is 0 Å². The molecular formula is C12H25NO. The van der Waals surface area contributed by atoms with E-state index in [0.717, 1.165) is 13.0 Å². The first-order valence-corrected chi connectivity index (χ1v) is 5.89. The molecule has 0 heterocycles. The summed E-state index contributed by atoms with van der Waals surface area (Å²) in [6, 6.07) is 0. The molecule has 0 aromatic carbocycles. The van der Waals surface area contributed by atoms with E-state index < -0.39 is 5.60 Å². The largest absolute Gasteiger partial charge is 0.390 e. The van der Waals surface area contributed by atoms with Gasteiger partial charge >= 0.3 is 0 Å². The third-order valence-electron chi connectivity index (χ3n) is 3.25. The van der Waals surface area contributed by atoms with Crippen LogP contribution in [-0.2, 0) is 0 Å². The Morgan fingerprint density at radius 2 is 1.79 bits per heavy atom. The van der Waals surface area contributed by atoms with Crippen molar-refractivity contribution in [3.05, 3.63) is 0 Å². The minimum atomic E-state index is -0.530. The maximum Gasteiger partial charge on any atom is 0.0603 e. The number of nitrogens with one attached hydrogen (secondary N) is 1. The molecule has 84 valence electrons. The molecule has 2 heteroatoms. The maximum atomic E-state index is 9.59. The maximum absolute atomic E-state index is 9.59.